The first-order chi connectivity index (χ1) is 6.36. The first-order valence-corrected chi connectivity index (χ1v) is 4.43. The zero-order valence-electron chi connectivity index (χ0n) is 7.31. The molecule has 1 aromatic rings. The van der Waals surface area contributed by atoms with E-state index in [1.54, 1.807) is 12.3 Å². The van der Waals surface area contributed by atoms with E-state index in [0.717, 1.165) is 18.4 Å². The van der Waals surface area contributed by atoms with Crippen LogP contribution in [0.3, 0.4) is 0 Å². The molecule has 13 heavy (non-hydrogen) atoms. The molecule has 0 radical (unpaired) electrons. The summed E-state index contributed by atoms with van der Waals surface area (Å²) in [6.45, 7) is 0. The number of phenols is 1. The van der Waals surface area contributed by atoms with Crippen LogP contribution in [0.25, 0.3) is 0 Å². The molecule has 0 saturated carbocycles. The molecule has 2 rings (SSSR count). The van der Waals surface area contributed by atoms with Gasteiger partial charge in [0, 0.05) is 12.8 Å². The van der Waals surface area contributed by atoms with Gasteiger partial charge in [-0.3, -0.25) is 0 Å². The number of aromatic hydroxyl groups is 1. The summed E-state index contributed by atoms with van der Waals surface area (Å²) in [5, 5.41) is 9.49. The van der Waals surface area contributed by atoms with Crippen molar-refractivity contribution in [2.24, 2.45) is 0 Å². The average Bonchev–Trinajstić information content (AvgIpc) is 2.61. The molecule has 1 atom stereocenters. The van der Waals surface area contributed by atoms with Crippen molar-refractivity contribution < 1.29 is 9.84 Å². The summed E-state index contributed by atoms with van der Waals surface area (Å²) in [5.41, 5.74) is 0.955. The van der Waals surface area contributed by atoms with Crippen LogP contribution in [-0.2, 0) is 11.2 Å². The summed E-state index contributed by atoms with van der Waals surface area (Å²) >= 11 is 0. The van der Waals surface area contributed by atoms with Gasteiger partial charge in [-0.05, 0) is 17.7 Å². The Bertz CT molecular complexity index is 310. The van der Waals surface area contributed by atoms with Crippen molar-refractivity contribution in [2.75, 3.05) is 0 Å². The van der Waals surface area contributed by atoms with Gasteiger partial charge in [0.15, 0.2) is 0 Å². The number of phenolic OH excluding ortho intramolecular Hbond substituents is 1. The van der Waals surface area contributed by atoms with Gasteiger partial charge in [0.25, 0.3) is 0 Å². The molecular weight excluding hydrogens is 164 g/mol. The van der Waals surface area contributed by atoms with E-state index in [9.17, 15) is 5.11 Å². The Kier molecular flexibility index (Phi) is 2.21. The predicted molar refractivity (Wildman–Crippen MR) is 50.4 cm³/mol. The van der Waals surface area contributed by atoms with Gasteiger partial charge in [-0.1, -0.05) is 18.2 Å². The first-order valence-electron chi connectivity index (χ1n) is 4.43. The van der Waals surface area contributed by atoms with Crippen molar-refractivity contribution in [1.82, 2.24) is 0 Å². The van der Waals surface area contributed by atoms with Gasteiger partial charge in [-0.2, -0.15) is 0 Å². The third-order valence-electron chi connectivity index (χ3n) is 2.21. The Hall–Kier alpha value is -1.44. The summed E-state index contributed by atoms with van der Waals surface area (Å²) in [6, 6.07) is 7.39. The van der Waals surface area contributed by atoms with Crippen LogP contribution < -0.4 is 0 Å². The van der Waals surface area contributed by atoms with E-state index < -0.39 is 0 Å². The van der Waals surface area contributed by atoms with E-state index >= 15 is 0 Å². The summed E-state index contributed by atoms with van der Waals surface area (Å²) in [5.74, 6) is 0.359. The normalized spacial score (nSPS) is 20.2. The quantitative estimate of drug-likeness (QED) is 0.748. The summed E-state index contributed by atoms with van der Waals surface area (Å²) < 4.78 is 5.32. The minimum Gasteiger partial charge on any atom is -0.508 e. The third kappa shape index (κ3) is 1.83. The standard InChI is InChI=1S/C11H12O2/c12-11-6-2-1-4-9(11)8-10-5-3-7-13-10/h1-4,6-7,10,12H,5,8H2. The number of benzene rings is 1. The Balaban J connectivity index is 2.05. The molecule has 1 aliphatic rings. The van der Waals surface area contributed by atoms with E-state index in [1.165, 1.54) is 0 Å². The molecule has 0 saturated heterocycles. The van der Waals surface area contributed by atoms with Crippen LogP contribution >= 0.6 is 0 Å². The van der Waals surface area contributed by atoms with Gasteiger partial charge >= 0.3 is 0 Å². The van der Waals surface area contributed by atoms with Crippen LogP contribution in [-0.4, -0.2) is 11.2 Å². The number of para-hydroxylation sites is 1. The molecule has 0 bridgehead atoms. The molecule has 0 amide bonds. The van der Waals surface area contributed by atoms with Gasteiger partial charge in [-0.25, -0.2) is 0 Å². The minimum absolute atomic E-state index is 0.202. The van der Waals surface area contributed by atoms with Crippen LogP contribution in [0, 0.1) is 0 Å². The number of hydrogen-bond donors (Lipinski definition) is 1. The van der Waals surface area contributed by atoms with Crippen molar-refractivity contribution in [2.45, 2.75) is 18.9 Å². The van der Waals surface area contributed by atoms with E-state index in [2.05, 4.69) is 0 Å². The van der Waals surface area contributed by atoms with Crippen molar-refractivity contribution in [3.8, 4) is 5.75 Å². The van der Waals surface area contributed by atoms with E-state index in [0.29, 0.717) is 5.75 Å². The van der Waals surface area contributed by atoms with Crippen LogP contribution in [0.15, 0.2) is 36.6 Å². The second-order valence-electron chi connectivity index (χ2n) is 3.20. The van der Waals surface area contributed by atoms with E-state index in [1.807, 2.05) is 24.3 Å². The van der Waals surface area contributed by atoms with Gasteiger partial charge in [0.1, 0.15) is 11.9 Å². The molecule has 2 nitrogen and oxygen atoms in total. The highest BCUT2D eigenvalue weighted by Gasteiger charge is 2.13. The first kappa shape index (κ1) is 8.17. The Morgan fingerprint density at radius 3 is 2.92 bits per heavy atom. The lowest BCUT2D eigenvalue weighted by Crippen LogP contribution is -2.08. The maximum Gasteiger partial charge on any atom is 0.118 e. The second-order valence-corrected chi connectivity index (χ2v) is 3.20. The molecule has 1 N–H and O–H groups in total. The fraction of sp³-hybridized carbons (Fsp3) is 0.273. The highest BCUT2D eigenvalue weighted by molar-refractivity contribution is 5.32. The molecule has 0 aromatic heterocycles. The molecule has 0 aliphatic carbocycles. The Labute approximate surface area is 77.5 Å². The highest BCUT2D eigenvalue weighted by atomic mass is 16.5. The minimum atomic E-state index is 0.202. The lowest BCUT2D eigenvalue weighted by atomic mass is 10.1. The number of rotatable bonds is 2. The second kappa shape index (κ2) is 3.52. The van der Waals surface area contributed by atoms with Gasteiger partial charge < -0.3 is 9.84 Å². The lowest BCUT2D eigenvalue weighted by molar-refractivity contribution is 0.170. The summed E-state index contributed by atoms with van der Waals surface area (Å²) in [7, 11) is 0. The molecule has 1 heterocycles. The topological polar surface area (TPSA) is 29.5 Å². The van der Waals surface area contributed by atoms with Crippen LogP contribution in [0.2, 0.25) is 0 Å². The smallest absolute Gasteiger partial charge is 0.118 e. The highest BCUT2D eigenvalue weighted by Crippen LogP contribution is 2.21. The number of hydrogen-bond acceptors (Lipinski definition) is 2. The van der Waals surface area contributed by atoms with Gasteiger partial charge in [0.05, 0.1) is 6.26 Å². The Morgan fingerprint density at radius 1 is 1.38 bits per heavy atom. The molecule has 0 fully saturated rings. The maximum atomic E-state index is 9.49. The van der Waals surface area contributed by atoms with E-state index in [4.69, 9.17) is 4.74 Å². The summed E-state index contributed by atoms with van der Waals surface area (Å²) in [4.78, 5) is 0. The van der Waals surface area contributed by atoms with Crippen LogP contribution in [0.5, 0.6) is 5.75 Å². The molecule has 1 unspecified atom stereocenters. The Morgan fingerprint density at radius 2 is 2.23 bits per heavy atom. The van der Waals surface area contributed by atoms with Crippen molar-refractivity contribution in [3.63, 3.8) is 0 Å². The van der Waals surface area contributed by atoms with Gasteiger partial charge in [-0.15, -0.1) is 0 Å². The molecular formula is C11H12O2. The maximum absolute atomic E-state index is 9.49. The fourth-order valence-corrected chi connectivity index (χ4v) is 1.49. The predicted octanol–water partition coefficient (Wildman–Crippen LogP) is 2.24. The molecule has 0 spiro atoms. The average molecular weight is 176 g/mol. The fourth-order valence-electron chi connectivity index (χ4n) is 1.49. The summed E-state index contributed by atoms with van der Waals surface area (Å²) in [6.07, 6.45) is 5.65. The zero-order valence-corrected chi connectivity index (χ0v) is 7.31. The molecule has 1 aromatic carbocycles. The van der Waals surface area contributed by atoms with Crippen LogP contribution in [0.1, 0.15) is 12.0 Å². The molecule has 1 aliphatic heterocycles. The van der Waals surface area contributed by atoms with Crippen molar-refractivity contribution in [1.29, 1.82) is 0 Å². The monoisotopic (exact) mass is 176 g/mol. The SMILES string of the molecule is Oc1ccccc1CC1CC=CO1. The van der Waals surface area contributed by atoms with Crippen molar-refractivity contribution in [3.05, 3.63) is 42.2 Å². The molecule has 2 heteroatoms. The third-order valence-corrected chi connectivity index (χ3v) is 2.21. The van der Waals surface area contributed by atoms with E-state index in [-0.39, 0.29) is 6.10 Å². The van der Waals surface area contributed by atoms with Crippen LogP contribution in [0.4, 0.5) is 0 Å². The number of ether oxygens (including phenoxy) is 1. The van der Waals surface area contributed by atoms with Crippen molar-refractivity contribution >= 4 is 0 Å². The zero-order chi connectivity index (χ0) is 9.10. The lowest BCUT2D eigenvalue weighted by Gasteiger charge is -2.10. The molecule has 68 valence electrons. The largest absolute Gasteiger partial charge is 0.508 e. The van der Waals surface area contributed by atoms with Gasteiger partial charge in [0.2, 0.25) is 0 Å².